The number of carbonyl (C=O) groups is 1. The zero-order valence-corrected chi connectivity index (χ0v) is 17.2. The Balaban J connectivity index is 1.42. The van der Waals surface area contributed by atoms with Crippen molar-refractivity contribution in [1.29, 1.82) is 0 Å². The molecule has 6 heteroatoms. The molecule has 0 amide bonds. The molecule has 0 saturated carbocycles. The average molecular weight is 422 g/mol. The van der Waals surface area contributed by atoms with Crippen molar-refractivity contribution in [3.63, 3.8) is 0 Å². The number of benzene rings is 3. The maximum atomic E-state index is 11.4. The van der Waals surface area contributed by atoms with Gasteiger partial charge in [-0.05, 0) is 23.3 Å². The molecular weight excluding hydrogens is 396 g/mol. The molecule has 1 N–H and O–H groups in total. The Hall–Kier alpha value is -3.35. The standard InChI is InChI=1S/C25H26O6/c26-25(27)22-15-23(30-13-11-28-18-20-7-3-1-4-8-20)17-24(16-22)31-14-12-29-19-21-9-5-2-6-10-21/h1-10,15-17H,11-14,18-19H2,(H,26,27). The van der Waals surface area contributed by atoms with E-state index in [1.54, 1.807) is 6.07 Å². The van der Waals surface area contributed by atoms with E-state index in [9.17, 15) is 9.90 Å². The second kappa shape index (κ2) is 12.4. The van der Waals surface area contributed by atoms with Crippen molar-refractivity contribution in [2.45, 2.75) is 13.2 Å². The number of carboxylic acids is 1. The molecular formula is C25H26O6. The number of hydrogen-bond donors (Lipinski definition) is 1. The van der Waals surface area contributed by atoms with Crippen molar-refractivity contribution in [3.8, 4) is 11.5 Å². The molecule has 0 spiro atoms. The third kappa shape index (κ3) is 8.12. The van der Waals surface area contributed by atoms with E-state index in [4.69, 9.17) is 18.9 Å². The minimum atomic E-state index is -1.05. The lowest BCUT2D eigenvalue weighted by atomic mass is 10.2. The van der Waals surface area contributed by atoms with Crippen molar-refractivity contribution in [1.82, 2.24) is 0 Å². The SMILES string of the molecule is O=C(O)c1cc(OCCOCc2ccccc2)cc(OCCOCc2ccccc2)c1. The average Bonchev–Trinajstić information content (AvgIpc) is 2.80. The van der Waals surface area contributed by atoms with Crippen molar-refractivity contribution < 1.29 is 28.8 Å². The summed E-state index contributed by atoms with van der Waals surface area (Å²) in [4.78, 5) is 11.4. The first-order valence-corrected chi connectivity index (χ1v) is 10.1. The van der Waals surface area contributed by atoms with E-state index < -0.39 is 5.97 Å². The van der Waals surface area contributed by atoms with Crippen LogP contribution in [0.2, 0.25) is 0 Å². The molecule has 0 unspecified atom stereocenters. The van der Waals surface area contributed by atoms with Crippen molar-refractivity contribution in [2.75, 3.05) is 26.4 Å². The Morgan fingerprint density at radius 3 is 1.52 bits per heavy atom. The number of carboxylic acid groups (broad SMARTS) is 1. The highest BCUT2D eigenvalue weighted by atomic mass is 16.5. The first kappa shape index (κ1) is 22.3. The minimum absolute atomic E-state index is 0.0999. The fraction of sp³-hybridized carbons (Fsp3) is 0.240. The molecule has 3 aromatic carbocycles. The Bertz CT molecular complexity index is 860. The van der Waals surface area contributed by atoms with Crippen molar-refractivity contribution in [3.05, 3.63) is 95.6 Å². The lowest BCUT2D eigenvalue weighted by Crippen LogP contribution is -2.09. The monoisotopic (exact) mass is 422 g/mol. The maximum absolute atomic E-state index is 11.4. The van der Waals surface area contributed by atoms with Gasteiger partial charge in [0.15, 0.2) is 0 Å². The van der Waals surface area contributed by atoms with Gasteiger partial charge in [0.1, 0.15) is 24.7 Å². The highest BCUT2D eigenvalue weighted by Gasteiger charge is 2.09. The maximum Gasteiger partial charge on any atom is 0.335 e. The van der Waals surface area contributed by atoms with Crippen molar-refractivity contribution >= 4 is 5.97 Å². The van der Waals surface area contributed by atoms with Crippen LogP contribution in [0.4, 0.5) is 0 Å². The summed E-state index contributed by atoms with van der Waals surface area (Å²) in [5.74, 6) is -0.206. The Morgan fingerprint density at radius 2 is 1.10 bits per heavy atom. The predicted octanol–water partition coefficient (Wildman–Crippen LogP) is 4.58. The first-order valence-electron chi connectivity index (χ1n) is 10.1. The number of rotatable bonds is 13. The molecule has 3 rings (SSSR count). The molecule has 0 aliphatic rings. The van der Waals surface area contributed by atoms with Gasteiger partial charge in [-0.2, -0.15) is 0 Å². The van der Waals surface area contributed by atoms with Crippen LogP contribution in [0.25, 0.3) is 0 Å². The van der Waals surface area contributed by atoms with E-state index in [1.807, 2.05) is 60.7 Å². The van der Waals surface area contributed by atoms with Gasteiger partial charge in [0.05, 0.1) is 32.0 Å². The highest BCUT2D eigenvalue weighted by molar-refractivity contribution is 5.88. The smallest absolute Gasteiger partial charge is 0.335 e. The molecule has 0 radical (unpaired) electrons. The van der Waals surface area contributed by atoms with Crippen LogP contribution in [0, 0.1) is 0 Å². The van der Waals surface area contributed by atoms with Gasteiger partial charge < -0.3 is 24.1 Å². The fourth-order valence-electron chi connectivity index (χ4n) is 2.83. The van der Waals surface area contributed by atoms with Crippen LogP contribution in [0.1, 0.15) is 21.5 Å². The Morgan fingerprint density at radius 1 is 0.645 bits per heavy atom. The van der Waals surface area contributed by atoms with Gasteiger partial charge in [0.2, 0.25) is 0 Å². The molecule has 0 aliphatic carbocycles. The van der Waals surface area contributed by atoms with Crippen LogP contribution in [-0.4, -0.2) is 37.5 Å². The van der Waals surface area contributed by atoms with E-state index in [2.05, 4.69) is 0 Å². The zero-order valence-electron chi connectivity index (χ0n) is 17.2. The number of aromatic carboxylic acids is 1. The third-order valence-corrected chi connectivity index (χ3v) is 4.34. The molecule has 6 nitrogen and oxygen atoms in total. The lowest BCUT2D eigenvalue weighted by molar-refractivity contribution is 0.0694. The summed E-state index contributed by atoms with van der Waals surface area (Å²) in [6.07, 6.45) is 0. The second-order valence-electron chi connectivity index (χ2n) is 6.77. The molecule has 0 bridgehead atoms. The minimum Gasteiger partial charge on any atom is -0.491 e. The Labute approximate surface area is 182 Å². The van der Waals surface area contributed by atoms with Crippen molar-refractivity contribution in [2.24, 2.45) is 0 Å². The summed E-state index contributed by atoms with van der Waals surface area (Å²) in [5.41, 5.74) is 2.27. The van der Waals surface area contributed by atoms with Crippen LogP contribution in [-0.2, 0) is 22.7 Å². The van der Waals surface area contributed by atoms with E-state index in [1.165, 1.54) is 12.1 Å². The van der Waals surface area contributed by atoms with E-state index >= 15 is 0 Å². The third-order valence-electron chi connectivity index (χ3n) is 4.34. The largest absolute Gasteiger partial charge is 0.491 e. The van der Waals surface area contributed by atoms with E-state index in [-0.39, 0.29) is 5.56 Å². The summed E-state index contributed by atoms with van der Waals surface area (Å²) >= 11 is 0. The number of ether oxygens (including phenoxy) is 4. The van der Waals surface area contributed by atoms with Gasteiger partial charge in [-0.1, -0.05) is 60.7 Å². The molecule has 0 aliphatic heterocycles. The van der Waals surface area contributed by atoms with E-state index in [0.717, 1.165) is 11.1 Å². The van der Waals surface area contributed by atoms with Gasteiger partial charge in [-0.3, -0.25) is 0 Å². The van der Waals surface area contributed by atoms with Crippen LogP contribution in [0.3, 0.4) is 0 Å². The molecule has 162 valence electrons. The molecule has 0 fully saturated rings. The number of hydrogen-bond acceptors (Lipinski definition) is 5. The summed E-state index contributed by atoms with van der Waals surface area (Å²) in [5, 5.41) is 9.34. The van der Waals surface area contributed by atoms with E-state index in [0.29, 0.717) is 51.1 Å². The van der Waals surface area contributed by atoms with Gasteiger partial charge in [0, 0.05) is 6.07 Å². The van der Waals surface area contributed by atoms with Crippen LogP contribution >= 0.6 is 0 Å². The van der Waals surface area contributed by atoms with Gasteiger partial charge in [-0.25, -0.2) is 4.79 Å². The van der Waals surface area contributed by atoms with Gasteiger partial charge in [0.25, 0.3) is 0 Å². The van der Waals surface area contributed by atoms with Crippen LogP contribution in [0.15, 0.2) is 78.9 Å². The highest BCUT2D eigenvalue weighted by Crippen LogP contribution is 2.23. The molecule has 0 heterocycles. The zero-order chi connectivity index (χ0) is 21.7. The van der Waals surface area contributed by atoms with Crippen LogP contribution < -0.4 is 9.47 Å². The summed E-state index contributed by atoms with van der Waals surface area (Å²) in [6.45, 7) is 2.36. The van der Waals surface area contributed by atoms with Gasteiger partial charge >= 0.3 is 5.97 Å². The molecule has 31 heavy (non-hydrogen) atoms. The predicted molar refractivity (Wildman–Crippen MR) is 117 cm³/mol. The quantitative estimate of drug-likeness (QED) is 0.407. The second-order valence-corrected chi connectivity index (χ2v) is 6.77. The normalized spacial score (nSPS) is 10.6. The molecule has 0 atom stereocenters. The molecule has 3 aromatic rings. The first-order chi connectivity index (χ1) is 15.2. The Kier molecular flexibility index (Phi) is 8.91. The molecule has 0 aromatic heterocycles. The topological polar surface area (TPSA) is 74.2 Å². The van der Waals surface area contributed by atoms with Crippen LogP contribution in [0.5, 0.6) is 11.5 Å². The summed E-state index contributed by atoms with van der Waals surface area (Å²) in [7, 11) is 0. The summed E-state index contributed by atoms with van der Waals surface area (Å²) < 4.78 is 22.5. The fourth-order valence-corrected chi connectivity index (χ4v) is 2.83. The lowest BCUT2D eigenvalue weighted by Gasteiger charge is -2.12. The van der Waals surface area contributed by atoms with Gasteiger partial charge in [-0.15, -0.1) is 0 Å². The molecule has 0 saturated heterocycles. The summed E-state index contributed by atoms with van der Waals surface area (Å²) in [6, 6.07) is 24.3.